The van der Waals surface area contributed by atoms with Gasteiger partial charge in [0.05, 0.1) is 7.11 Å². The van der Waals surface area contributed by atoms with Crippen molar-refractivity contribution in [3.05, 3.63) is 29.1 Å². The van der Waals surface area contributed by atoms with Crippen molar-refractivity contribution in [2.75, 3.05) is 7.11 Å². The second kappa shape index (κ2) is 4.47. The van der Waals surface area contributed by atoms with Crippen LogP contribution >= 0.6 is 11.6 Å². The molecule has 1 aromatic carbocycles. The number of benzene rings is 1. The molecule has 0 spiro atoms. The third kappa shape index (κ3) is 2.13. The molecule has 0 aliphatic rings. The third-order valence-corrected chi connectivity index (χ3v) is 2.23. The molecule has 0 aliphatic heterocycles. The van der Waals surface area contributed by atoms with Crippen LogP contribution in [0.5, 0.6) is 5.75 Å². The summed E-state index contributed by atoms with van der Waals surface area (Å²) in [5.74, 6) is 0.322. The number of hydrogen-bond donors (Lipinski definition) is 0. The lowest BCUT2D eigenvalue weighted by Gasteiger charge is -2.09. The van der Waals surface area contributed by atoms with Gasteiger partial charge in [0.1, 0.15) is 0 Å². The first kappa shape index (κ1) is 10.3. The smallest absolute Gasteiger partial charge is 0.165 e. The number of rotatable bonds is 3. The quantitative estimate of drug-likeness (QED) is 0.685. The van der Waals surface area contributed by atoms with Gasteiger partial charge < -0.3 is 4.74 Å². The van der Waals surface area contributed by atoms with Crippen LogP contribution in [0, 0.1) is 5.82 Å². The first-order valence-corrected chi connectivity index (χ1v) is 4.67. The molecule has 0 radical (unpaired) electrons. The molecular formula is C10H12ClFO. The Morgan fingerprint density at radius 3 is 2.62 bits per heavy atom. The fourth-order valence-electron chi connectivity index (χ4n) is 1.28. The van der Waals surface area contributed by atoms with Crippen molar-refractivity contribution in [2.24, 2.45) is 0 Å². The summed E-state index contributed by atoms with van der Waals surface area (Å²) in [6, 6.07) is 3.28. The van der Waals surface area contributed by atoms with Crippen LogP contribution in [0.3, 0.4) is 0 Å². The van der Waals surface area contributed by atoms with Gasteiger partial charge in [0.15, 0.2) is 11.6 Å². The predicted octanol–water partition coefficient (Wildman–Crippen LogP) is 3.14. The first-order valence-electron chi connectivity index (χ1n) is 4.14. The molecule has 0 amide bonds. The van der Waals surface area contributed by atoms with Crippen LogP contribution in [0.4, 0.5) is 4.39 Å². The molecule has 0 saturated carbocycles. The number of ether oxygens (including phenoxy) is 1. The zero-order valence-electron chi connectivity index (χ0n) is 7.73. The zero-order chi connectivity index (χ0) is 9.84. The molecule has 1 nitrogen and oxygen atoms in total. The topological polar surface area (TPSA) is 9.23 Å². The summed E-state index contributed by atoms with van der Waals surface area (Å²) in [6.45, 7) is 1.95. The fourth-order valence-corrected chi connectivity index (χ4v) is 1.44. The number of alkyl halides is 1. The van der Waals surface area contributed by atoms with Crippen LogP contribution in [-0.2, 0) is 12.3 Å². The Morgan fingerprint density at radius 1 is 1.46 bits per heavy atom. The highest BCUT2D eigenvalue weighted by molar-refractivity contribution is 6.17. The number of hydrogen-bond acceptors (Lipinski definition) is 1. The van der Waals surface area contributed by atoms with Gasteiger partial charge in [-0.15, -0.1) is 11.6 Å². The first-order chi connectivity index (χ1) is 6.22. The summed E-state index contributed by atoms with van der Waals surface area (Å²) in [5, 5.41) is 0. The number of aryl methyl sites for hydroxylation is 1. The summed E-state index contributed by atoms with van der Waals surface area (Å²) < 4.78 is 18.2. The van der Waals surface area contributed by atoms with Gasteiger partial charge in [-0.1, -0.05) is 13.0 Å². The normalized spacial score (nSPS) is 10.2. The number of methoxy groups -OCH3 is 1. The SMILES string of the molecule is CCc1cc(CCl)cc(F)c1OC. The van der Waals surface area contributed by atoms with E-state index in [1.165, 1.54) is 13.2 Å². The van der Waals surface area contributed by atoms with E-state index in [1.54, 1.807) is 0 Å². The van der Waals surface area contributed by atoms with Gasteiger partial charge in [-0.2, -0.15) is 0 Å². The molecule has 1 rings (SSSR count). The molecule has 13 heavy (non-hydrogen) atoms. The third-order valence-electron chi connectivity index (χ3n) is 1.92. The van der Waals surface area contributed by atoms with E-state index in [9.17, 15) is 4.39 Å². The van der Waals surface area contributed by atoms with Crippen LogP contribution in [0.1, 0.15) is 18.1 Å². The van der Waals surface area contributed by atoms with Crippen LogP contribution in [0.25, 0.3) is 0 Å². The molecule has 3 heteroatoms. The van der Waals surface area contributed by atoms with Crippen LogP contribution in [0.2, 0.25) is 0 Å². The summed E-state index contributed by atoms with van der Waals surface area (Å²) in [7, 11) is 1.47. The average molecular weight is 203 g/mol. The summed E-state index contributed by atoms with van der Waals surface area (Å²) >= 11 is 5.62. The standard InChI is InChI=1S/C10H12ClFO/c1-3-8-4-7(6-11)5-9(12)10(8)13-2/h4-5H,3,6H2,1-2H3. The average Bonchev–Trinajstić information content (AvgIpc) is 2.16. The van der Waals surface area contributed by atoms with E-state index >= 15 is 0 Å². The molecule has 1 aromatic rings. The molecule has 72 valence electrons. The minimum Gasteiger partial charge on any atom is -0.493 e. The molecule has 0 fully saturated rings. The molecule has 0 bridgehead atoms. The highest BCUT2D eigenvalue weighted by atomic mass is 35.5. The van der Waals surface area contributed by atoms with Crippen molar-refractivity contribution >= 4 is 11.6 Å². The van der Waals surface area contributed by atoms with E-state index in [4.69, 9.17) is 16.3 Å². The molecule has 0 unspecified atom stereocenters. The van der Waals surface area contributed by atoms with Gasteiger partial charge in [0.2, 0.25) is 0 Å². The zero-order valence-corrected chi connectivity index (χ0v) is 8.49. The second-order valence-corrected chi connectivity index (χ2v) is 3.02. The van der Waals surface area contributed by atoms with Crippen LogP contribution in [-0.4, -0.2) is 7.11 Å². The Hall–Kier alpha value is -0.760. The minimum atomic E-state index is -0.336. The maximum atomic E-state index is 13.3. The van der Waals surface area contributed by atoms with Crippen molar-refractivity contribution in [1.82, 2.24) is 0 Å². The van der Waals surface area contributed by atoms with Gasteiger partial charge in [-0.3, -0.25) is 0 Å². The van der Waals surface area contributed by atoms with E-state index in [2.05, 4.69) is 0 Å². The van der Waals surface area contributed by atoms with Gasteiger partial charge in [-0.25, -0.2) is 4.39 Å². The monoisotopic (exact) mass is 202 g/mol. The Balaban J connectivity index is 3.20. The molecule has 0 heterocycles. The highest BCUT2D eigenvalue weighted by Gasteiger charge is 2.09. The van der Waals surface area contributed by atoms with Crippen molar-refractivity contribution < 1.29 is 9.13 Å². The van der Waals surface area contributed by atoms with Crippen molar-refractivity contribution in [3.8, 4) is 5.75 Å². The van der Waals surface area contributed by atoms with Crippen molar-refractivity contribution in [1.29, 1.82) is 0 Å². The largest absolute Gasteiger partial charge is 0.493 e. The van der Waals surface area contributed by atoms with E-state index in [1.807, 2.05) is 13.0 Å². The number of halogens is 2. The minimum absolute atomic E-state index is 0.327. The van der Waals surface area contributed by atoms with Crippen molar-refractivity contribution in [2.45, 2.75) is 19.2 Å². The lowest BCUT2D eigenvalue weighted by Crippen LogP contribution is -1.96. The molecule has 0 atom stereocenters. The fraction of sp³-hybridized carbons (Fsp3) is 0.400. The highest BCUT2D eigenvalue weighted by Crippen LogP contribution is 2.25. The Bertz CT molecular complexity index is 299. The van der Waals surface area contributed by atoms with E-state index in [0.29, 0.717) is 11.6 Å². The maximum absolute atomic E-state index is 13.3. The van der Waals surface area contributed by atoms with Gasteiger partial charge in [0.25, 0.3) is 0 Å². The van der Waals surface area contributed by atoms with Crippen molar-refractivity contribution in [3.63, 3.8) is 0 Å². The molecule has 0 N–H and O–H groups in total. The van der Waals surface area contributed by atoms with E-state index in [0.717, 1.165) is 17.5 Å². The molecule has 0 saturated heterocycles. The summed E-state index contributed by atoms with van der Waals surface area (Å²) in [5.41, 5.74) is 1.65. The van der Waals surface area contributed by atoms with Crippen LogP contribution < -0.4 is 4.74 Å². The Morgan fingerprint density at radius 2 is 2.15 bits per heavy atom. The van der Waals surface area contributed by atoms with Crippen LogP contribution in [0.15, 0.2) is 12.1 Å². The van der Waals surface area contributed by atoms with Gasteiger partial charge in [-0.05, 0) is 23.6 Å². The Kier molecular flexibility index (Phi) is 3.55. The summed E-state index contributed by atoms with van der Waals surface area (Å²) in [4.78, 5) is 0. The lowest BCUT2D eigenvalue weighted by molar-refractivity contribution is 0.381. The predicted molar refractivity (Wildman–Crippen MR) is 51.9 cm³/mol. The summed E-state index contributed by atoms with van der Waals surface area (Å²) in [6.07, 6.45) is 0.741. The second-order valence-electron chi connectivity index (χ2n) is 2.76. The maximum Gasteiger partial charge on any atom is 0.165 e. The van der Waals surface area contributed by atoms with Gasteiger partial charge >= 0.3 is 0 Å². The van der Waals surface area contributed by atoms with Gasteiger partial charge in [0, 0.05) is 5.88 Å². The van der Waals surface area contributed by atoms with E-state index in [-0.39, 0.29) is 5.82 Å². The Labute approximate surface area is 82.5 Å². The molecule has 0 aromatic heterocycles. The molecular weight excluding hydrogens is 191 g/mol. The molecule has 0 aliphatic carbocycles. The van der Waals surface area contributed by atoms with E-state index < -0.39 is 0 Å². The lowest BCUT2D eigenvalue weighted by atomic mass is 10.1.